The van der Waals surface area contributed by atoms with Crippen LogP contribution in [0.25, 0.3) is 0 Å². The molecule has 16 heavy (non-hydrogen) atoms. The van der Waals surface area contributed by atoms with Gasteiger partial charge in [-0.15, -0.1) is 0 Å². The molecule has 0 aliphatic carbocycles. The lowest BCUT2D eigenvalue weighted by Crippen LogP contribution is -2.16. The van der Waals surface area contributed by atoms with Gasteiger partial charge in [0, 0.05) is 6.04 Å². The monoisotopic (exact) mass is 219 g/mol. The smallest absolute Gasteiger partial charge is 0.0297 e. The van der Waals surface area contributed by atoms with Gasteiger partial charge in [0.05, 0.1) is 0 Å². The van der Waals surface area contributed by atoms with Gasteiger partial charge in [0.25, 0.3) is 0 Å². The van der Waals surface area contributed by atoms with Crippen molar-refractivity contribution >= 4 is 0 Å². The van der Waals surface area contributed by atoms with Crippen LogP contribution in [0.1, 0.15) is 57.7 Å². The lowest BCUT2D eigenvalue weighted by molar-refractivity contribution is 0.349. The van der Waals surface area contributed by atoms with Crippen LogP contribution in [-0.4, -0.2) is 0 Å². The largest absolute Gasteiger partial charge is 0.324 e. The van der Waals surface area contributed by atoms with Gasteiger partial charge in [0.15, 0.2) is 0 Å². The van der Waals surface area contributed by atoms with Crippen LogP contribution in [0.5, 0.6) is 0 Å². The first-order valence-corrected chi connectivity index (χ1v) is 6.27. The molecule has 0 aliphatic heterocycles. The van der Waals surface area contributed by atoms with Crippen LogP contribution in [-0.2, 0) is 6.42 Å². The van der Waals surface area contributed by atoms with Gasteiger partial charge < -0.3 is 5.73 Å². The number of hydrogen-bond acceptors (Lipinski definition) is 1. The van der Waals surface area contributed by atoms with Crippen LogP contribution in [0.4, 0.5) is 0 Å². The Balaban J connectivity index is 2.69. The molecule has 0 amide bonds. The molecule has 1 aromatic rings. The van der Waals surface area contributed by atoms with E-state index in [1.54, 1.807) is 0 Å². The minimum atomic E-state index is 0.190. The van der Waals surface area contributed by atoms with Crippen molar-refractivity contribution in [2.24, 2.45) is 11.1 Å². The molecule has 0 fully saturated rings. The molecule has 0 bridgehead atoms. The molecule has 90 valence electrons. The first-order chi connectivity index (χ1) is 7.44. The zero-order valence-electron chi connectivity index (χ0n) is 11.1. The van der Waals surface area contributed by atoms with Crippen molar-refractivity contribution in [2.45, 2.75) is 53.0 Å². The van der Waals surface area contributed by atoms with Crippen molar-refractivity contribution in [2.75, 3.05) is 0 Å². The predicted octanol–water partition coefficient (Wildman–Crippen LogP) is 4.08. The summed E-state index contributed by atoms with van der Waals surface area (Å²) in [7, 11) is 0. The van der Waals surface area contributed by atoms with Gasteiger partial charge >= 0.3 is 0 Å². The highest BCUT2D eigenvalue weighted by Gasteiger charge is 2.15. The van der Waals surface area contributed by atoms with Crippen LogP contribution in [0.3, 0.4) is 0 Å². The van der Waals surface area contributed by atoms with Gasteiger partial charge in [0.2, 0.25) is 0 Å². The molecule has 0 saturated heterocycles. The van der Waals surface area contributed by atoms with Gasteiger partial charge in [-0.05, 0) is 35.8 Å². The Morgan fingerprint density at radius 1 is 1.19 bits per heavy atom. The standard InChI is InChI=1S/C15H25N/c1-5-12-8-6-7-9-13(12)14(16)10-11-15(2,3)4/h6-9,14H,5,10-11,16H2,1-4H3. The fraction of sp³-hybridized carbons (Fsp3) is 0.600. The Labute approximate surface area is 100 Å². The zero-order chi connectivity index (χ0) is 12.2. The lowest BCUT2D eigenvalue weighted by atomic mass is 9.86. The molecule has 1 atom stereocenters. The summed E-state index contributed by atoms with van der Waals surface area (Å²) in [4.78, 5) is 0. The van der Waals surface area contributed by atoms with Crippen molar-refractivity contribution in [1.29, 1.82) is 0 Å². The zero-order valence-corrected chi connectivity index (χ0v) is 11.1. The summed E-state index contributed by atoms with van der Waals surface area (Å²) >= 11 is 0. The SMILES string of the molecule is CCc1ccccc1C(N)CCC(C)(C)C. The number of nitrogens with two attached hydrogens (primary N) is 1. The molecule has 0 saturated carbocycles. The maximum absolute atomic E-state index is 6.28. The van der Waals surface area contributed by atoms with E-state index < -0.39 is 0 Å². The van der Waals surface area contributed by atoms with E-state index in [0.717, 1.165) is 12.8 Å². The molecule has 1 heteroatoms. The van der Waals surface area contributed by atoms with Crippen molar-refractivity contribution in [3.8, 4) is 0 Å². The Kier molecular flexibility index (Phi) is 4.55. The molecule has 0 heterocycles. The summed E-state index contributed by atoms with van der Waals surface area (Å²) in [6, 6.07) is 8.73. The number of hydrogen-bond donors (Lipinski definition) is 1. The minimum Gasteiger partial charge on any atom is -0.324 e. The molecular weight excluding hydrogens is 194 g/mol. The molecular formula is C15H25N. The molecule has 0 aromatic heterocycles. The van der Waals surface area contributed by atoms with Crippen molar-refractivity contribution in [1.82, 2.24) is 0 Å². The van der Waals surface area contributed by atoms with E-state index >= 15 is 0 Å². The van der Waals surface area contributed by atoms with Crippen molar-refractivity contribution in [3.05, 3.63) is 35.4 Å². The van der Waals surface area contributed by atoms with Crippen LogP contribution in [0.15, 0.2) is 24.3 Å². The molecule has 0 spiro atoms. The van der Waals surface area contributed by atoms with E-state index in [-0.39, 0.29) is 6.04 Å². The van der Waals surface area contributed by atoms with E-state index in [1.165, 1.54) is 17.5 Å². The molecule has 0 radical (unpaired) electrons. The van der Waals surface area contributed by atoms with Crippen LogP contribution >= 0.6 is 0 Å². The Morgan fingerprint density at radius 3 is 2.38 bits per heavy atom. The highest BCUT2D eigenvalue weighted by atomic mass is 14.6. The molecule has 0 aliphatic rings. The molecule has 1 unspecified atom stereocenters. The molecule has 1 nitrogen and oxygen atoms in total. The van der Waals surface area contributed by atoms with Gasteiger partial charge in [-0.3, -0.25) is 0 Å². The van der Waals surface area contributed by atoms with Gasteiger partial charge in [-0.25, -0.2) is 0 Å². The van der Waals surface area contributed by atoms with Gasteiger partial charge in [0.1, 0.15) is 0 Å². The van der Waals surface area contributed by atoms with Crippen molar-refractivity contribution in [3.63, 3.8) is 0 Å². The quantitative estimate of drug-likeness (QED) is 0.811. The van der Waals surface area contributed by atoms with E-state index in [1.807, 2.05) is 0 Å². The summed E-state index contributed by atoms with van der Waals surface area (Å²) < 4.78 is 0. The third-order valence-electron chi connectivity index (χ3n) is 3.04. The summed E-state index contributed by atoms with van der Waals surface area (Å²) in [5.41, 5.74) is 9.37. The number of benzene rings is 1. The maximum Gasteiger partial charge on any atom is 0.0297 e. The van der Waals surface area contributed by atoms with E-state index in [2.05, 4.69) is 52.0 Å². The Bertz CT molecular complexity index is 322. The van der Waals surface area contributed by atoms with Crippen LogP contribution in [0, 0.1) is 5.41 Å². The van der Waals surface area contributed by atoms with Crippen LogP contribution in [0.2, 0.25) is 0 Å². The highest BCUT2D eigenvalue weighted by molar-refractivity contribution is 5.29. The summed E-state index contributed by atoms with van der Waals surface area (Å²) in [5.74, 6) is 0. The van der Waals surface area contributed by atoms with E-state index in [9.17, 15) is 0 Å². The predicted molar refractivity (Wildman–Crippen MR) is 71.4 cm³/mol. The van der Waals surface area contributed by atoms with Crippen LogP contribution < -0.4 is 5.73 Å². The summed E-state index contributed by atoms with van der Waals surface area (Å²) in [5, 5.41) is 0. The second-order valence-corrected chi connectivity index (χ2v) is 5.76. The first kappa shape index (κ1) is 13.2. The normalized spacial score (nSPS) is 13.8. The number of rotatable bonds is 4. The van der Waals surface area contributed by atoms with Gasteiger partial charge in [-0.2, -0.15) is 0 Å². The number of aryl methyl sites for hydroxylation is 1. The Hall–Kier alpha value is -0.820. The summed E-state index contributed by atoms with van der Waals surface area (Å²) in [6.07, 6.45) is 3.31. The molecule has 2 N–H and O–H groups in total. The van der Waals surface area contributed by atoms with E-state index in [4.69, 9.17) is 5.73 Å². The third-order valence-corrected chi connectivity index (χ3v) is 3.04. The molecule has 1 rings (SSSR count). The minimum absolute atomic E-state index is 0.190. The maximum atomic E-state index is 6.28. The highest BCUT2D eigenvalue weighted by Crippen LogP contribution is 2.27. The Morgan fingerprint density at radius 2 is 1.81 bits per heavy atom. The third kappa shape index (κ3) is 3.97. The molecule has 1 aromatic carbocycles. The second kappa shape index (κ2) is 5.49. The average molecular weight is 219 g/mol. The van der Waals surface area contributed by atoms with E-state index in [0.29, 0.717) is 5.41 Å². The second-order valence-electron chi connectivity index (χ2n) is 5.76. The average Bonchev–Trinajstić information content (AvgIpc) is 2.25. The first-order valence-electron chi connectivity index (χ1n) is 6.27. The topological polar surface area (TPSA) is 26.0 Å². The summed E-state index contributed by atoms with van der Waals surface area (Å²) in [6.45, 7) is 9.00. The lowest BCUT2D eigenvalue weighted by Gasteiger charge is -2.22. The van der Waals surface area contributed by atoms with Gasteiger partial charge in [-0.1, -0.05) is 52.0 Å². The fourth-order valence-corrected chi connectivity index (χ4v) is 1.96. The fourth-order valence-electron chi connectivity index (χ4n) is 1.96. The van der Waals surface area contributed by atoms with Crippen molar-refractivity contribution < 1.29 is 0 Å².